The number of non-ortho nitro benzene ring substituents is 1. The van der Waals surface area contributed by atoms with Gasteiger partial charge in [0.1, 0.15) is 0 Å². The number of nitrogens with zero attached hydrogens (tertiary/aromatic N) is 2. The van der Waals surface area contributed by atoms with Gasteiger partial charge in [-0.1, -0.05) is 35.3 Å². The molecule has 29 heavy (non-hydrogen) atoms. The minimum atomic E-state index is -0.502. The number of rotatable bonds is 7. The summed E-state index contributed by atoms with van der Waals surface area (Å²) < 4.78 is 0. The van der Waals surface area contributed by atoms with Gasteiger partial charge in [0, 0.05) is 39.2 Å². The molecule has 5 nitrogen and oxygen atoms in total. The van der Waals surface area contributed by atoms with Gasteiger partial charge >= 0.3 is 0 Å². The molecule has 0 aliphatic heterocycles. The van der Waals surface area contributed by atoms with Gasteiger partial charge < -0.3 is 4.90 Å². The summed E-state index contributed by atoms with van der Waals surface area (Å²) in [6.07, 6.45) is 0.543. The molecule has 0 saturated carbocycles. The van der Waals surface area contributed by atoms with Crippen LogP contribution in [0.1, 0.15) is 26.4 Å². The minimum Gasteiger partial charge on any atom is -0.333 e. The lowest BCUT2D eigenvalue weighted by Crippen LogP contribution is -2.32. The van der Waals surface area contributed by atoms with Crippen LogP contribution < -0.4 is 0 Å². The Morgan fingerprint density at radius 1 is 1.17 bits per heavy atom. The number of nitro groups is 1. The smallest absolute Gasteiger partial charge is 0.270 e. The van der Waals surface area contributed by atoms with E-state index in [4.69, 9.17) is 23.2 Å². The number of benzene rings is 2. The summed E-state index contributed by atoms with van der Waals surface area (Å²) in [6, 6.07) is 13.1. The first kappa shape index (κ1) is 21.3. The normalized spacial score (nSPS) is 10.7. The Morgan fingerprint density at radius 2 is 1.97 bits per heavy atom. The van der Waals surface area contributed by atoms with Crippen molar-refractivity contribution in [2.45, 2.75) is 19.9 Å². The summed E-state index contributed by atoms with van der Waals surface area (Å²) in [5.74, 6) is -0.258. The van der Waals surface area contributed by atoms with E-state index < -0.39 is 4.92 Å². The van der Waals surface area contributed by atoms with Crippen LogP contribution >= 0.6 is 34.5 Å². The predicted molar refractivity (Wildman–Crippen MR) is 117 cm³/mol. The molecule has 0 N–H and O–H groups in total. The van der Waals surface area contributed by atoms with Gasteiger partial charge in [0.2, 0.25) is 0 Å². The Labute approximate surface area is 182 Å². The van der Waals surface area contributed by atoms with E-state index in [0.717, 1.165) is 16.0 Å². The monoisotopic (exact) mass is 448 g/mol. The Bertz CT molecular complexity index is 1050. The van der Waals surface area contributed by atoms with Crippen LogP contribution in [0.25, 0.3) is 0 Å². The van der Waals surface area contributed by atoms with Crippen molar-refractivity contribution in [3.63, 3.8) is 0 Å². The van der Waals surface area contributed by atoms with E-state index in [-0.39, 0.29) is 17.2 Å². The molecule has 0 bridgehead atoms. The molecule has 0 aliphatic rings. The van der Waals surface area contributed by atoms with Crippen molar-refractivity contribution in [1.29, 1.82) is 0 Å². The topological polar surface area (TPSA) is 63.5 Å². The molecule has 3 aromatic rings. The Kier molecular flexibility index (Phi) is 6.90. The first-order chi connectivity index (χ1) is 13.8. The van der Waals surface area contributed by atoms with Crippen molar-refractivity contribution in [2.75, 3.05) is 6.54 Å². The number of carbonyl (C=O) groups excluding carboxylic acids is 1. The van der Waals surface area contributed by atoms with Gasteiger partial charge in [-0.3, -0.25) is 14.9 Å². The van der Waals surface area contributed by atoms with Crippen LogP contribution in [0.15, 0.2) is 53.9 Å². The van der Waals surface area contributed by atoms with E-state index in [1.165, 1.54) is 18.2 Å². The van der Waals surface area contributed by atoms with E-state index in [9.17, 15) is 14.9 Å². The first-order valence-electron chi connectivity index (χ1n) is 8.86. The lowest BCUT2D eigenvalue weighted by molar-refractivity contribution is -0.384. The lowest BCUT2D eigenvalue weighted by atomic mass is 10.1. The summed E-state index contributed by atoms with van der Waals surface area (Å²) in [6.45, 7) is 2.84. The van der Waals surface area contributed by atoms with Gasteiger partial charge in [-0.05, 0) is 54.1 Å². The molecular weight excluding hydrogens is 431 g/mol. The molecule has 1 amide bonds. The maximum Gasteiger partial charge on any atom is 0.270 e. The summed E-state index contributed by atoms with van der Waals surface area (Å²) in [7, 11) is 0. The van der Waals surface area contributed by atoms with E-state index in [1.807, 2.05) is 24.4 Å². The average Bonchev–Trinajstić information content (AvgIpc) is 3.10. The van der Waals surface area contributed by atoms with Gasteiger partial charge in [0.25, 0.3) is 11.6 Å². The second kappa shape index (κ2) is 9.39. The van der Waals surface area contributed by atoms with Crippen molar-refractivity contribution >= 4 is 46.1 Å². The molecule has 0 saturated heterocycles. The fraction of sp³-hybridized carbons (Fsp3) is 0.190. The summed E-state index contributed by atoms with van der Waals surface area (Å²) in [5, 5.41) is 14.2. The molecule has 3 rings (SSSR count). The molecule has 0 spiro atoms. The average molecular weight is 449 g/mol. The number of nitro benzene ring substituents is 1. The van der Waals surface area contributed by atoms with Crippen molar-refractivity contribution in [1.82, 2.24) is 4.90 Å². The van der Waals surface area contributed by atoms with Crippen LogP contribution in [0.4, 0.5) is 5.69 Å². The molecule has 1 heterocycles. The van der Waals surface area contributed by atoms with Gasteiger partial charge in [0.05, 0.1) is 11.5 Å². The number of hydrogen-bond acceptors (Lipinski definition) is 4. The van der Waals surface area contributed by atoms with E-state index >= 15 is 0 Å². The number of carbonyl (C=O) groups is 1. The quantitative estimate of drug-likeness (QED) is 0.321. The zero-order chi connectivity index (χ0) is 21.0. The van der Waals surface area contributed by atoms with Crippen molar-refractivity contribution in [2.24, 2.45) is 0 Å². The van der Waals surface area contributed by atoms with E-state index in [1.54, 1.807) is 34.4 Å². The number of halogens is 2. The van der Waals surface area contributed by atoms with E-state index in [0.29, 0.717) is 29.6 Å². The molecule has 0 unspecified atom stereocenters. The molecule has 0 aliphatic carbocycles. The highest BCUT2D eigenvalue weighted by Gasteiger charge is 2.20. The maximum absolute atomic E-state index is 13.2. The van der Waals surface area contributed by atoms with Crippen LogP contribution in [-0.2, 0) is 13.0 Å². The van der Waals surface area contributed by atoms with Crippen LogP contribution in [0.5, 0.6) is 0 Å². The molecule has 1 aromatic heterocycles. The molecule has 2 aromatic carbocycles. The van der Waals surface area contributed by atoms with Gasteiger partial charge in [-0.2, -0.15) is 0 Å². The van der Waals surface area contributed by atoms with Crippen LogP contribution in [0.3, 0.4) is 0 Å². The van der Waals surface area contributed by atoms with Crippen LogP contribution in [0.2, 0.25) is 10.0 Å². The van der Waals surface area contributed by atoms with Crippen molar-refractivity contribution < 1.29 is 9.72 Å². The molecule has 0 radical (unpaired) electrons. The fourth-order valence-corrected chi connectivity index (χ4v) is 4.33. The molecule has 0 fully saturated rings. The number of amides is 1. The Morgan fingerprint density at radius 3 is 2.62 bits per heavy atom. The third-order valence-electron chi connectivity index (χ3n) is 4.56. The second-order valence-electron chi connectivity index (χ2n) is 6.55. The molecule has 0 atom stereocenters. The predicted octanol–water partition coefficient (Wildman–Crippen LogP) is 6.16. The van der Waals surface area contributed by atoms with Gasteiger partial charge in [-0.25, -0.2) is 0 Å². The first-order valence-corrected chi connectivity index (χ1v) is 10.5. The van der Waals surface area contributed by atoms with Crippen LogP contribution in [-0.4, -0.2) is 22.3 Å². The molecule has 150 valence electrons. The maximum atomic E-state index is 13.2. The summed E-state index contributed by atoms with van der Waals surface area (Å²) >= 11 is 13.8. The summed E-state index contributed by atoms with van der Waals surface area (Å²) in [5.41, 5.74) is 2.17. The zero-order valence-corrected chi connectivity index (χ0v) is 17.9. The number of aryl methyl sites for hydroxylation is 1. The number of hydrogen-bond donors (Lipinski definition) is 0. The second-order valence-corrected chi connectivity index (χ2v) is 8.39. The fourth-order valence-electron chi connectivity index (χ4n) is 2.91. The third kappa shape index (κ3) is 5.35. The third-order valence-corrected chi connectivity index (χ3v) is 6.15. The summed E-state index contributed by atoms with van der Waals surface area (Å²) in [4.78, 5) is 26.5. The SMILES string of the molecule is Cc1ccsc1CN(CCc1ccc(Cl)cc1Cl)C(=O)c1cccc([N+](=O)[O-])c1. The van der Waals surface area contributed by atoms with Crippen molar-refractivity contribution in [3.8, 4) is 0 Å². The zero-order valence-electron chi connectivity index (χ0n) is 15.6. The van der Waals surface area contributed by atoms with Gasteiger partial charge in [-0.15, -0.1) is 11.3 Å². The standard InChI is InChI=1S/C21H18Cl2N2O3S/c1-14-8-10-29-20(14)13-24(9-7-15-5-6-17(22)12-19(15)23)21(26)16-3-2-4-18(11-16)25(27)28/h2-6,8,10-12H,7,9,13H2,1H3. The largest absolute Gasteiger partial charge is 0.333 e. The molecule has 8 heteroatoms. The lowest BCUT2D eigenvalue weighted by Gasteiger charge is -2.23. The van der Waals surface area contributed by atoms with Gasteiger partial charge in [0.15, 0.2) is 0 Å². The van der Waals surface area contributed by atoms with Crippen molar-refractivity contribution in [3.05, 3.63) is 95.6 Å². The Hall–Kier alpha value is -2.41. The molecular formula is C21H18Cl2N2O3S. The highest BCUT2D eigenvalue weighted by molar-refractivity contribution is 7.10. The minimum absolute atomic E-state index is 0.108. The Balaban J connectivity index is 1.86. The van der Waals surface area contributed by atoms with E-state index in [2.05, 4.69) is 0 Å². The van der Waals surface area contributed by atoms with Crippen LogP contribution in [0, 0.1) is 17.0 Å². The highest BCUT2D eigenvalue weighted by atomic mass is 35.5. The number of thiophene rings is 1. The highest BCUT2D eigenvalue weighted by Crippen LogP contribution is 2.24.